The molecule has 3 heterocycles. The molecule has 1 amide bonds. The lowest BCUT2D eigenvalue weighted by atomic mass is 10.1. The van der Waals surface area contributed by atoms with Gasteiger partial charge in [0.25, 0.3) is 0 Å². The highest BCUT2D eigenvalue weighted by atomic mass is 16.5. The molecule has 9 nitrogen and oxygen atoms in total. The number of benzene rings is 1. The highest BCUT2D eigenvalue weighted by molar-refractivity contribution is 5.87. The number of hydrogen-bond donors (Lipinski definition) is 0. The molecule has 0 radical (unpaired) electrons. The predicted molar refractivity (Wildman–Crippen MR) is 124 cm³/mol. The Bertz CT molecular complexity index is 1100. The topological polar surface area (TPSA) is 79.6 Å². The number of piperazine rings is 1. The van der Waals surface area contributed by atoms with Crippen LogP contribution in [-0.2, 0) is 18.4 Å². The van der Waals surface area contributed by atoms with Gasteiger partial charge < -0.3 is 14.5 Å². The van der Waals surface area contributed by atoms with Gasteiger partial charge in [-0.2, -0.15) is 5.10 Å². The average Bonchev–Trinajstić information content (AvgIpc) is 3.14. The van der Waals surface area contributed by atoms with Crippen molar-refractivity contribution in [2.24, 2.45) is 7.05 Å². The van der Waals surface area contributed by atoms with Gasteiger partial charge in [0.1, 0.15) is 17.9 Å². The predicted octanol–water partition coefficient (Wildman–Crippen LogP) is 1.77. The number of hydrogen-bond acceptors (Lipinski definition) is 7. The van der Waals surface area contributed by atoms with E-state index in [0.29, 0.717) is 19.6 Å². The maximum Gasteiger partial charge on any atom is 0.236 e. The van der Waals surface area contributed by atoms with Gasteiger partial charge in [-0.25, -0.2) is 9.97 Å². The van der Waals surface area contributed by atoms with Crippen LogP contribution in [0, 0.1) is 13.8 Å². The molecule has 2 aromatic heterocycles. The zero-order valence-corrected chi connectivity index (χ0v) is 19.5. The quantitative estimate of drug-likeness (QED) is 0.581. The van der Waals surface area contributed by atoms with Crippen molar-refractivity contribution >= 4 is 22.8 Å². The first-order chi connectivity index (χ1) is 15.4. The van der Waals surface area contributed by atoms with E-state index in [1.807, 2.05) is 19.0 Å². The Labute approximate surface area is 188 Å². The van der Waals surface area contributed by atoms with E-state index in [2.05, 4.69) is 50.8 Å². The second-order valence-corrected chi connectivity index (χ2v) is 8.51. The number of aromatic nitrogens is 4. The van der Waals surface area contributed by atoms with Crippen molar-refractivity contribution in [2.45, 2.75) is 20.4 Å². The molecule has 9 heteroatoms. The van der Waals surface area contributed by atoms with Crippen LogP contribution < -0.4 is 9.64 Å². The summed E-state index contributed by atoms with van der Waals surface area (Å²) in [7, 11) is 5.56. The van der Waals surface area contributed by atoms with Crippen molar-refractivity contribution in [1.82, 2.24) is 29.5 Å². The lowest BCUT2D eigenvalue weighted by Gasteiger charge is -2.36. The second-order valence-electron chi connectivity index (χ2n) is 8.51. The number of methoxy groups -OCH3 is 1. The summed E-state index contributed by atoms with van der Waals surface area (Å²) in [4.78, 5) is 27.9. The first-order valence-electron chi connectivity index (χ1n) is 10.9. The number of likely N-dealkylation sites (N-methyl/N-ethyl adjacent to an activating group) is 1. The van der Waals surface area contributed by atoms with E-state index in [0.717, 1.165) is 53.4 Å². The first-order valence-corrected chi connectivity index (χ1v) is 10.9. The molecular formula is C23H31N7O2. The molecule has 170 valence electrons. The minimum atomic E-state index is 0.156. The van der Waals surface area contributed by atoms with Gasteiger partial charge in [0.05, 0.1) is 25.2 Å². The highest BCUT2D eigenvalue weighted by Crippen LogP contribution is 2.25. The van der Waals surface area contributed by atoms with Gasteiger partial charge in [-0.05, 0) is 37.6 Å². The lowest BCUT2D eigenvalue weighted by Crippen LogP contribution is -2.51. The van der Waals surface area contributed by atoms with E-state index < -0.39 is 0 Å². The number of anilines is 1. The Morgan fingerprint density at radius 3 is 2.47 bits per heavy atom. The third-order valence-corrected chi connectivity index (χ3v) is 6.02. The number of carbonyl (C=O) groups is 1. The van der Waals surface area contributed by atoms with E-state index in [9.17, 15) is 4.79 Å². The first kappa shape index (κ1) is 22.0. The Hall–Kier alpha value is -3.20. The number of aryl methyl sites for hydroxylation is 3. The molecular weight excluding hydrogens is 406 g/mol. The van der Waals surface area contributed by atoms with E-state index >= 15 is 0 Å². The van der Waals surface area contributed by atoms with Crippen LogP contribution in [0.15, 0.2) is 24.7 Å². The largest absolute Gasteiger partial charge is 0.496 e. The van der Waals surface area contributed by atoms with Crippen LogP contribution in [0.2, 0.25) is 0 Å². The molecule has 4 rings (SSSR count). The highest BCUT2D eigenvalue weighted by Gasteiger charge is 2.24. The molecule has 1 aliphatic heterocycles. The Kier molecular flexibility index (Phi) is 6.27. The summed E-state index contributed by atoms with van der Waals surface area (Å²) < 4.78 is 7.21. The zero-order valence-electron chi connectivity index (χ0n) is 19.5. The van der Waals surface area contributed by atoms with Crippen LogP contribution >= 0.6 is 0 Å². The van der Waals surface area contributed by atoms with Crippen molar-refractivity contribution in [2.75, 3.05) is 51.8 Å². The van der Waals surface area contributed by atoms with Crippen LogP contribution in [0.1, 0.15) is 16.7 Å². The van der Waals surface area contributed by atoms with Gasteiger partial charge in [-0.15, -0.1) is 0 Å². The maximum atomic E-state index is 12.9. The van der Waals surface area contributed by atoms with Gasteiger partial charge in [0.2, 0.25) is 5.91 Å². The SMILES string of the molecule is COc1c(C)cc(CN(C)CC(=O)N2CCN(c3ncnc4c3cnn4C)CC2)cc1C. The third-order valence-electron chi connectivity index (χ3n) is 6.02. The fourth-order valence-corrected chi connectivity index (χ4v) is 4.52. The summed E-state index contributed by atoms with van der Waals surface area (Å²) in [6, 6.07) is 4.26. The Morgan fingerprint density at radius 2 is 1.81 bits per heavy atom. The van der Waals surface area contributed by atoms with Gasteiger partial charge in [0, 0.05) is 39.8 Å². The molecule has 0 aliphatic carbocycles. The number of amides is 1. The van der Waals surface area contributed by atoms with Crippen molar-refractivity contribution in [3.05, 3.63) is 41.3 Å². The van der Waals surface area contributed by atoms with Crippen LogP contribution in [0.3, 0.4) is 0 Å². The summed E-state index contributed by atoms with van der Waals surface area (Å²) >= 11 is 0. The van der Waals surface area contributed by atoms with Crippen molar-refractivity contribution in [3.8, 4) is 5.75 Å². The summed E-state index contributed by atoms with van der Waals surface area (Å²) in [5.41, 5.74) is 4.24. The zero-order chi connectivity index (χ0) is 22.8. The standard InChI is InChI=1S/C23H31N7O2/c1-16-10-18(11-17(2)21(16)32-5)13-27(3)14-20(31)29-6-8-30(9-7-29)23-19-12-26-28(4)22(19)24-15-25-23/h10-12,15H,6-9,13-14H2,1-5H3. The van der Waals surface area contributed by atoms with Gasteiger partial charge in [-0.1, -0.05) is 12.1 Å². The number of fused-ring (bicyclic) bond motifs is 1. The normalized spacial score (nSPS) is 14.4. The van der Waals surface area contributed by atoms with E-state index in [4.69, 9.17) is 4.74 Å². The van der Waals surface area contributed by atoms with Crippen LogP contribution in [0.25, 0.3) is 11.0 Å². The smallest absolute Gasteiger partial charge is 0.236 e. The minimum absolute atomic E-state index is 0.156. The number of ether oxygens (including phenoxy) is 1. The van der Waals surface area contributed by atoms with Crippen molar-refractivity contribution < 1.29 is 9.53 Å². The minimum Gasteiger partial charge on any atom is -0.496 e. The molecule has 1 aliphatic rings. The van der Waals surface area contributed by atoms with Gasteiger partial charge in [-0.3, -0.25) is 14.4 Å². The molecule has 1 aromatic carbocycles. The molecule has 0 bridgehead atoms. The summed E-state index contributed by atoms with van der Waals surface area (Å²) in [6.07, 6.45) is 3.38. The lowest BCUT2D eigenvalue weighted by molar-refractivity contribution is -0.132. The van der Waals surface area contributed by atoms with Gasteiger partial charge in [0.15, 0.2) is 5.65 Å². The molecule has 0 saturated carbocycles. The fraction of sp³-hybridized carbons (Fsp3) is 0.478. The summed E-state index contributed by atoms with van der Waals surface area (Å²) in [6.45, 7) is 8.06. The molecule has 0 atom stereocenters. The molecule has 32 heavy (non-hydrogen) atoms. The number of rotatable bonds is 6. The van der Waals surface area contributed by atoms with Crippen molar-refractivity contribution in [1.29, 1.82) is 0 Å². The van der Waals surface area contributed by atoms with E-state index in [1.54, 1.807) is 24.3 Å². The molecule has 0 spiro atoms. The van der Waals surface area contributed by atoms with Crippen LogP contribution in [0.4, 0.5) is 5.82 Å². The molecule has 1 saturated heterocycles. The summed E-state index contributed by atoms with van der Waals surface area (Å²) in [5.74, 6) is 1.97. The molecule has 3 aromatic rings. The second kappa shape index (κ2) is 9.12. The monoisotopic (exact) mass is 437 g/mol. The molecule has 0 unspecified atom stereocenters. The number of carbonyl (C=O) groups excluding carboxylic acids is 1. The van der Waals surface area contributed by atoms with Gasteiger partial charge >= 0.3 is 0 Å². The summed E-state index contributed by atoms with van der Waals surface area (Å²) in [5, 5.41) is 5.24. The maximum absolute atomic E-state index is 12.9. The molecule has 1 fully saturated rings. The third kappa shape index (κ3) is 4.38. The Morgan fingerprint density at radius 1 is 1.12 bits per heavy atom. The van der Waals surface area contributed by atoms with Crippen LogP contribution in [-0.4, -0.2) is 82.3 Å². The van der Waals surface area contributed by atoms with E-state index in [1.165, 1.54) is 5.56 Å². The molecule has 0 N–H and O–H groups in total. The average molecular weight is 438 g/mol. The van der Waals surface area contributed by atoms with Crippen molar-refractivity contribution in [3.63, 3.8) is 0 Å². The van der Waals surface area contributed by atoms with Crippen LogP contribution in [0.5, 0.6) is 5.75 Å². The Balaban J connectivity index is 1.33. The fourth-order valence-electron chi connectivity index (χ4n) is 4.52. The number of nitrogens with zero attached hydrogens (tertiary/aromatic N) is 7. The van der Waals surface area contributed by atoms with E-state index in [-0.39, 0.29) is 5.91 Å².